The average Bonchev–Trinajstić information content (AvgIpc) is 2.64. The van der Waals surface area contributed by atoms with Crippen LogP contribution >= 0.6 is 11.6 Å². The van der Waals surface area contributed by atoms with E-state index in [4.69, 9.17) is 16.9 Å². The molecule has 1 saturated heterocycles. The van der Waals surface area contributed by atoms with Gasteiger partial charge in [0.05, 0.1) is 10.6 Å². The van der Waals surface area contributed by atoms with E-state index in [2.05, 4.69) is 0 Å². The Morgan fingerprint density at radius 1 is 1.42 bits per heavy atom. The summed E-state index contributed by atoms with van der Waals surface area (Å²) in [7, 11) is 0. The van der Waals surface area contributed by atoms with Gasteiger partial charge in [0, 0.05) is 12.2 Å². The summed E-state index contributed by atoms with van der Waals surface area (Å²) < 4.78 is 0. The number of carboxylic acid groups (broad SMARTS) is 1. The van der Waals surface area contributed by atoms with Crippen LogP contribution in [-0.2, 0) is 4.79 Å². The van der Waals surface area contributed by atoms with E-state index in [0.29, 0.717) is 23.6 Å². The Balaban J connectivity index is 2.34. The first-order valence-corrected chi connectivity index (χ1v) is 6.70. The van der Waals surface area contributed by atoms with E-state index in [9.17, 15) is 9.90 Å². The summed E-state index contributed by atoms with van der Waals surface area (Å²) in [6, 6.07) is 6.59. The van der Waals surface area contributed by atoms with Crippen molar-refractivity contribution in [1.82, 2.24) is 0 Å². The summed E-state index contributed by atoms with van der Waals surface area (Å²) in [5, 5.41) is 18.6. The van der Waals surface area contributed by atoms with Crippen LogP contribution in [0.25, 0.3) is 0 Å². The molecule has 1 fully saturated rings. The highest BCUT2D eigenvalue weighted by Gasteiger charge is 2.27. The summed E-state index contributed by atoms with van der Waals surface area (Å²) >= 11 is 6.02. The van der Waals surface area contributed by atoms with Gasteiger partial charge in [-0.25, -0.2) is 4.79 Å². The zero-order valence-corrected chi connectivity index (χ0v) is 11.2. The monoisotopic (exact) mass is 278 g/mol. The number of hydrogen-bond donors (Lipinski definition) is 1. The molecule has 1 N–H and O–H groups in total. The van der Waals surface area contributed by atoms with Gasteiger partial charge in [-0.3, -0.25) is 0 Å². The lowest BCUT2D eigenvalue weighted by Crippen LogP contribution is -2.40. The lowest BCUT2D eigenvalue weighted by atomic mass is 10.1. The van der Waals surface area contributed by atoms with E-state index in [1.807, 2.05) is 11.0 Å². The van der Waals surface area contributed by atoms with Crippen LogP contribution in [0.4, 0.5) is 5.69 Å². The lowest BCUT2D eigenvalue weighted by Gasteiger charge is -2.29. The first kappa shape index (κ1) is 13.7. The fourth-order valence-electron chi connectivity index (χ4n) is 2.45. The van der Waals surface area contributed by atoms with Gasteiger partial charge >= 0.3 is 5.97 Å². The zero-order chi connectivity index (χ0) is 13.8. The van der Waals surface area contributed by atoms with Crippen molar-refractivity contribution in [3.8, 4) is 6.07 Å². The van der Waals surface area contributed by atoms with Gasteiger partial charge in [0.1, 0.15) is 12.1 Å². The molecule has 1 aromatic rings. The Kier molecular flexibility index (Phi) is 4.28. The Morgan fingerprint density at radius 2 is 2.21 bits per heavy atom. The summed E-state index contributed by atoms with van der Waals surface area (Å²) in [4.78, 5) is 13.2. The number of hydrogen-bond acceptors (Lipinski definition) is 3. The summed E-state index contributed by atoms with van der Waals surface area (Å²) in [5.74, 6) is -0.803. The maximum Gasteiger partial charge on any atom is 0.326 e. The molecule has 19 heavy (non-hydrogen) atoms. The minimum absolute atomic E-state index is 0.369. The zero-order valence-electron chi connectivity index (χ0n) is 10.5. The maximum atomic E-state index is 11.4. The van der Waals surface area contributed by atoms with Crippen molar-refractivity contribution in [3.63, 3.8) is 0 Å². The normalized spacial score (nSPS) is 19.6. The van der Waals surface area contributed by atoms with Crippen LogP contribution in [-0.4, -0.2) is 23.7 Å². The van der Waals surface area contributed by atoms with Crippen LogP contribution in [0.5, 0.6) is 0 Å². The number of carboxylic acids is 1. The molecule has 1 atom stereocenters. The number of halogens is 1. The minimum Gasteiger partial charge on any atom is -0.480 e. The van der Waals surface area contributed by atoms with Gasteiger partial charge in [-0.05, 0) is 31.0 Å². The van der Waals surface area contributed by atoms with Crippen molar-refractivity contribution in [2.24, 2.45) is 0 Å². The SMILES string of the molecule is N#Cc1ccc(N2CCCCCC2C(=O)O)cc1Cl. The molecule has 0 spiro atoms. The maximum absolute atomic E-state index is 11.4. The highest BCUT2D eigenvalue weighted by Crippen LogP contribution is 2.28. The van der Waals surface area contributed by atoms with Gasteiger partial charge in [-0.15, -0.1) is 0 Å². The first-order valence-electron chi connectivity index (χ1n) is 6.32. The number of anilines is 1. The van der Waals surface area contributed by atoms with Crippen LogP contribution in [0.2, 0.25) is 5.02 Å². The molecule has 1 aromatic carbocycles. The molecule has 0 aromatic heterocycles. The van der Waals surface area contributed by atoms with Crippen LogP contribution in [0, 0.1) is 11.3 Å². The molecule has 1 aliphatic heterocycles. The first-order chi connectivity index (χ1) is 9.13. The average molecular weight is 279 g/mol. The quantitative estimate of drug-likeness (QED) is 0.903. The molecule has 0 radical (unpaired) electrons. The van der Waals surface area contributed by atoms with Crippen LogP contribution in [0.15, 0.2) is 18.2 Å². The lowest BCUT2D eigenvalue weighted by molar-refractivity contribution is -0.138. The highest BCUT2D eigenvalue weighted by molar-refractivity contribution is 6.32. The third-order valence-electron chi connectivity index (χ3n) is 3.44. The molecule has 0 bridgehead atoms. The summed E-state index contributed by atoms with van der Waals surface area (Å²) in [5.41, 5.74) is 1.19. The fraction of sp³-hybridized carbons (Fsp3) is 0.429. The molecule has 1 aliphatic rings. The molecule has 5 heteroatoms. The van der Waals surface area contributed by atoms with E-state index in [1.54, 1.807) is 18.2 Å². The van der Waals surface area contributed by atoms with Gasteiger partial charge in [0.15, 0.2) is 0 Å². The molecular formula is C14H15ClN2O2. The van der Waals surface area contributed by atoms with E-state index in [0.717, 1.165) is 24.9 Å². The Morgan fingerprint density at radius 3 is 2.84 bits per heavy atom. The smallest absolute Gasteiger partial charge is 0.326 e. The molecule has 100 valence electrons. The van der Waals surface area contributed by atoms with Crippen molar-refractivity contribution >= 4 is 23.3 Å². The van der Waals surface area contributed by atoms with Crippen LogP contribution in [0.3, 0.4) is 0 Å². The van der Waals surface area contributed by atoms with E-state index < -0.39 is 12.0 Å². The number of nitrogens with zero attached hydrogens (tertiary/aromatic N) is 2. The molecule has 2 rings (SSSR count). The molecule has 1 unspecified atom stereocenters. The van der Waals surface area contributed by atoms with Crippen LogP contribution in [0.1, 0.15) is 31.2 Å². The van der Waals surface area contributed by atoms with E-state index >= 15 is 0 Å². The van der Waals surface area contributed by atoms with Gasteiger partial charge < -0.3 is 10.0 Å². The molecule has 0 aliphatic carbocycles. The summed E-state index contributed by atoms with van der Waals surface area (Å²) in [6.07, 6.45) is 3.59. The van der Waals surface area contributed by atoms with Crippen molar-refractivity contribution in [2.75, 3.05) is 11.4 Å². The van der Waals surface area contributed by atoms with Gasteiger partial charge in [-0.1, -0.05) is 24.4 Å². The van der Waals surface area contributed by atoms with Crippen molar-refractivity contribution in [1.29, 1.82) is 5.26 Å². The van der Waals surface area contributed by atoms with E-state index in [-0.39, 0.29) is 0 Å². The number of nitriles is 1. The summed E-state index contributed by atoms with van der Waals surface area (Å²) in [6.45, 7) is 0.708. The number of carbonyl (C=O) groups is 1. The number of rotatable bonds is 2. The molecule has 0 saturated carbocycles. The van der Waals surface area contributed by atoms with Gasteiger partial charge in [-0.2, -0.15) is 5.26 Å². The Labute approximate surface area is 117 Å². The third kappa shape index (κ3) is 2.99. The highest BCUT2D eigenvalue weighted by atomic mass is 35.5. The van der Waals surface area contributed by atoms with Crippen molar-refractivity contribution < 1.29 is 9.90 Å². The predicted molar refractivity (Wildman–Crippen MR) is 73.4 cm³/mol. The predicted octanol–water partition coefficient (Wildman–Crippen LogP) is 3.05. The van der Waals surface area contributed by atoms with E-state index in [1.165, 1.54) is 0 Å². The third-order valence-corrected chi connectivity index (χ3v) is 3.76. The second-order valence-electron chi connectivity index (χ2n) is 4.67. The van der Waals surface area contributed by atoms with Crippen molar-refractivity contribution in [2.45, 2.75) is 31.7 Å². The molecule has 1 heterocycles. The Bertz CT molecular complexity index is 525. The van der Waals surface area contributed by atoms with Crippen LogP contribution < -0.4 is 4.90 Å². The van der Waals surface area contributed by atoms with Crippen molar-refractivity contribution in [3.05, 3.63) is 28.8 Å². The standard InChI is InChI=1S/C14H15ClN2O2/c15-12-8-11(6-5-10(12)9-16)17-7-3-1-2-4-13(17)14(18)19/h5-6,8,13H,1-4,7H2,(H,18,19). The van der Waals surface area contributed by atoms with Gasteiger partial charge in [0.2, 0.25) is 0 Å². The minimum atomic E-state index is -0.803. The fourth-order valence-corrected chi connectivity index (χ4v) is 2.66. The number of aliphatic carboxylic acids is 1. The molecular weight excluding hydrogens is 264 g/mol. The Hall–Kier alpha value is -1.73. The largest absolute Gasteiger partial charge is 0.480 e. The molecule has 0 amide bonds. The second-order valence-corrected chi connectivity index (χ2v) is 5.08. The number of benzene rings is 1. The second kappa shape index (κ2) is 5.94. The molecule has 4 nitrogen and oxygen atoms in total. The van der Waals surface area contributed by atoms with Gasteiger partial charge in [0.25, 0.3) is 0 Å². The topological polar surface area (TPSA) is 64.3 Å².